The fraction of sp³-hybridized carbons (Fsp3) is 0.400. The van der Waals surface area contributed by atoms with Gasteiger partial charge in [-0.1, -0.05) is 0 Å². The van der Waals surface area contributed by atoms with Crippen LogP contribution >= 0.6 is 0 Å². The average Bonchev–Trinajstić information content (AvgIpc) is 2.46. The van der Waals surface area contributed by atoms with Crippen LogP contribution in [0, 0.1) is 11.3 Å². The Hall–Kier alpha value is -2.75. The first-order valence-corrected chi connectivity index (χ1v) is 6.73. The normalized spacial score (nSPS) is 11.3. The van der Waals surface area contributed by atoms with Crippen molar-refractivity contribution < 1.29 is 19.1 Å². The summed E-state index contributed by atoms with van der Waals surface area (Å²) in [7, 11) is 1.43. The molecule has 7 nitrogen and oxygen atoms in total. The van der Waals surface area contributed by atoms with Gasteiger partial charge in [-0.2, -0.15) is 5.26 Å². The van der Waals surface area contributed by atoms with Gasteiger partial charge >= 0.3 is 6.03 Å². The van der Waals surface area contributed by atoms with E-state index in [4.69, 9.17) is 14.7 Å². The summed E-state index contributed by atoms with van der Waals surface area (Å²) >= 11 is 0. The molecule has 0 aliphatic heterocycles. The van der Waals surface area contributed by atoms with Crippen LogP contribution < -0.4 is 20.1 Å². The van der Waals surface area contributed by atoms with Gasteiger partial charge in [-0.3, -0.25) is 10.1 Å². The lowest BCUT2D eigenvalue weighted by Crippen LogP contribution is -2.47. The summed E-state index contributed by atoms with van der Waals surface area (Å²) in [6.45, 7) is 5.08. The van der Waals surface area contributed by atoms with Crippen molar-refractivity contribution in [1.29, 1.82) is 5.26 Å². The molecule has 118 valence electrons. The second kappa shape index (κ2) is 7.88. The Balaban J connectivity index is 2.72. The van der Waals surface area contributed by atoms with Gasteiger partial charge in [0.05, 0.1) is 18.7 Å². The lowest BCUT2D eigenvalue weighted by molar-refractivity contribution is -0.126. The van der Waals surface area contributed by atoms with E-state index in [1.165, 1.54) is 26.2 Å². The number of nitrogens with one attached hydrogen (secondary N) is 2. The smallest absolute Gasteiger partial charge is 0.321 e. The predicted octanol–water partition coefficient (Wildman–Crippen LogP) is 1.57. The fourth-order valence-electron chi connectivity index (χ4n) is 1.59. The zero-order chi connectivity index (χ0) is 16.7. The van der Waals surface area contributed by atoms with Gasteiger partial charge in [-0.05, 0) is 32.9 Å². The molecule has 0 saturated carbocycles. The average molecular weight is 305 g/mol. The van der Waals surface area contributed by atoms with E-state index in [0.29, 0.717) is 17.1 Å². The Kier molecular flexibility index (Phi) is 6.20. The number of amides is 3. The summed E-state index contributed by atoms with van der Waals surface area (Å²) in [5, 5.41) is 13.6. The third kappa shape index (κ3) is 4.98. The molecule has 1 aromatic rings. The van der Waals surface area contributed by atoms with Crippen molar-refractivity contribution in [2.45, 2.75) is 32.9 Å². The van der Waals surface area contributed by atoms with E-state index in [9.17, 15) is 9.59 Å². The molecule has 0 aromatic heterocycles. The second-order valence-electron chi connectivity index (χ2n) is 4.85. The number of hydrogen-bond acceptors (Lipinski definition) is 5. The molecule has 0 saturated heterocycles. The van der Waals surface area contributed by atoms with Crippen molar-refractivity contribution >= 4 is 11.9 Å². The maximum Gasteiger partial charge on any atom is 0.321 e. The molecule has 3 amide bonds. The van der Waals surface area contributed by atoms with Gasteiger partial charge < -0.3 is 14.8 Å². The first-order valence-electron chi connectivity index (χ1n) is 6.73. The number of urea groups is 1. The van der Waals surface area contributed by atoms with Crippen LogP contribution in [0.2, 0.25) is 0 Å². The fourth-order valence-corrected chi connectivity index (χ4v) is 1.59. The summed E-state index contributed by atoms with van der Waals surface area (Å²) in [6.07, 6.45) is -0.903. The third-order valence-corrected chi connectivity index (χ3v) is 2.62. The minimum absolute atomic E-state index is 0.0809. The molecule has 1 aromatic carbocycles. The number of rotatable bonds is 5. The zero-order valence-corrected chi connectivity index (χ0v) is 13.0. The largest absolute Gasteiger partial charge is 0.493 e. The van der Waals surface area contributed by atoms with Crippen LogP contribution in [0.25, 0.3) is 0 Å². The number of benzene rings is 1. The number of nitrogens with zero attached hydrogens (tertiary/aromatic N) is 1. The molecule has 1 atom stereocenters. The van der Waals surface area contributed by atoms with Crippen molar-refractivity contribution in [1.82, 2.24) is 10.6 Å². The van der Waals surface area contributed by atoms with Crippen molar-refractivity contribution in [3.8, 4) is 17.6 Å². The van der Waals surface area contributed by atoms with Gasteiger partial charge in [0.1, 0.15) is 0 Å². The van der Waals surface area contributed by atoms with Crippen LogP contribution in [0.5, 0.6) is 11.5 Å². The molecule has 0 spiro atoms. The molecule has 22 heavy (non-hydrogen) atoms. The minimum Gasteiger partial charge on any atom is -0.493 e. The molecule has 1 rings (SSSR count). The highest BCUT2D eigenvalue weighted by Crippen LogP contribution is 2.28. The van der Waals surface area contributed by atoms with Crippen LogP contribution in [0.15, 0.2) is 18.2 Å². The molecule has 7 heteroatoms. The molecule has 0 heterocycles. The SMILES string of the molecule is COc1cc(C#N)ccc1O[C@H](C)C(=O)NC(=O)NC(C)C. The molecule has 0 aliphatic carbocycles. The van der Waals surface area contributed by atoms with Crippen molar-refractivity contribution in [2.75, 3.05) is 7.11 Å². The summed E-state index contributed by atoms with van der Waals surface area (Å²) in [4.78, 5) is 23.3. The Labute approximate surface area is 129 Å². The van der Waals surface area contributed by atoms with Crippen LogP contribution in [0.1, 0.15) is 26.3 Å². The molecule has 0 radical (unpaired) electrons. The number of methoxy groups -OCH3 is 1. The summed E-state index contributed by atoms with van der Waals surface area (Å²) in [5.41, 5.74) is 0.414. The van der Waals surface area contributed by atoms with Crippen LogP contribution in [-0.4, -0.2) is 31.2 Å². The van der Waals surface area contributed by atoms with Gasteiger partial charge in [0.2, 0.25) is 0 Å². The van der Waals surface area contributed by atoms with E-state index in [-0.39, 0.29) is 6.04 Å². The molecule has 0 bridgehead atoms. The molecule has 0 aliphatic rings. The summed E-state index contributed by atoms with van der Waals surface area (Å²) in [6, 6.07) is 5.91. The highest BCUT2D eigenvalue weighted by molar-refractivity contribution is 5.96. The predicted molar refractivity (Wildman–Crippen MR) is 79.6 cm³/mol. The highest BCUT2D eigenvalue weighted by Gasteiger charge is 2.19. The number of ether oxygens (including phenoxy) is 2. The zero-order valence-electron chi connectivity index (χ0n) is 13.0. The Bertz CT molecular complexity index is 593. The highest BCUT2D eigenvalue weighted by atomic mass is 16.5. The maximum absolute atomic E-state index is 11.9. The number of carbonyl (C=O) groups excluding carboxylic acids is 2. The lowest BCUT2D eigenvalue weighted by atomic mass is 10.2. The molecular formula is C15H19N3O4. The van der Waals surface area contributed by atoms with E-state index in [1.54, 1.807) is 19.9 Å². The van der Waals surface area contributed by atoms with E-state index in [0.717, 1.165) is 0 Å². The molecule has 0 unspecified atom stereocenters. The van der Waals surface area contributed by atoms with E-state index >= 15 is 0 Å². The van der Waals surface area contributed by atoms with Gasteiger partial charge in [0.15, 0.2) is 17.6 Å². The monoisotopic (exact) mass is 305 g/mol. The first-order chi connectivity index (χ1) is 10.4. The minimum atomic E-state index is -0.903. The number of imide groups is 1. The standard InChI is InChI=1S/C15H19N3O4/c1-9(2)17-15(20)18-14(19)10(3)22-12-6-5-11(8-16)7-13(12)21-4/h5-7,9-10H,1-4H3,(H2,17,18,19,20)/t10-/m1/s1. The topological polar surface area (TPSA) is 100 Å². The first kappa shape index (κ1) is 17.3. The Morgan fingerprint density at radius 3 is 2.45 bits per heavy atom. The quantitative estimate of drug-likeness (QED) is 0.860. The third-order valence-electron chi connectivity index (χ3n) is 2.62. The number of carbonyl (C=O) groups is 2. The van der Waals surface area contributed by atoms with Gasteiger partial charge in [0, 0.05) is 12.1 Å². The number of nitriles is 1. The van der Waals surface area contributed by atoms with Crippen LogP contribution in [0.3, 0.4) is 0 Å². The lowest BCUT2D eigenvalue weighted by Gasteiger charge is -2.17. The number of hydrogen-bond donors (Lipinski definition) is 2. The maximum atomic E-state index is 11.9. The Morgan fingerprint density at radius 2 is 1.91 bits per heavy atom. The Morgan fingerprint density at radius 1 is 1.23 bits per heavy atom. The van der Waals surface area contributed by atoms with Crippen LogP contribution in [-0.2, 0) is 4.79 Å². The van der Waals surface area contributed by atoms with Crippen molar-refractivity contribution in [2.24, 2.45) is 0 Å². The van der Waals surface area contributed by atoms with Crippen LogP contribution in [0.4, 0.5) is 4.79 Å². The van der Waals surface area contributed by atoms with Crippen molar-refractivity contribution in [3.63, 3.8) is 0 Å². The van der Waals surface area contributed by atoms with Crippen molar-refractivity contribution in [3.05, 3.63) is 23.8 Å². The van der Waals surface area contributed by atoms with Gasteiger partial charge in [-0.15, -0.1) is 0 Å². The van der Waals surface area contributed by atoms with Gasteiger partial charge in [-0.25, -0.2) is 4.79 Å². The van der Waals surface area contributed by atoms with E-state index in [2.05, 4.69) is 10.6 Å². The second-order valence-corrected chi connectivity index (χ2v) is 4.85. The summed E-state index contributed by atoms with van der Waals surface area (Å²) < 4.78 is 10.6. The van der Waals surface area contributed by atoms with E-state index < -0.39 is 18.0 Å². The summed E-state index contributed by atoms with van der Waals surface area (Å²) in [5.74, 6) is 0.0725. The van der Waals surface area contributed by atoms with E-state index in [1.807, 2.05) is 6.07 Å². The molecule has 2 N–H and O–H groups in total. The van der Waals surface area contributed by atoms with Gasteiger partial charge in [0.25, 0.3) is 5.91 Å². The molecule has 0 fully saturated rings. The molecular weight excluding hydrogens is 286 g/mol.